The largest absolute Gasteiger partial charge is 0.508 e. The number of hydrogen-bond acceptors (Lipinski definition) is 1. The third kappa shape index (κ3) is 3.61. The Hall–Kier alpha value is -1.28. The summed E-state index contributed by atoms with van der Waals surface area (Å²) in [7, 11) is 0. The molecule has 0 saturated carbocycles. The lowest BCUT2D eigenvalue weighted by Crippen LogP contribution is -1.96. The van der Waals surface area contributed by atoms with E-state index in [1.54, 1.807) is 12.1 Å². The number of rotatable bonds is 4. The molecule has 0 aliphatic carbocycles. The molecular weight excluding hydrogens is 288 g/mol. The van der Waals surface area contributed by atoms with Crippen LogP contribution in [-0.4, -0.2) is 5.11 Å². The predicted octanol–water partition coefficient (Wildman–Crippen LogP) is 4.89. The van der Waals surface area contributed by atoms with Gasteiger partial charge in [0.05, 0.1) is 0 Å². The zero-order valence-electron chi connectivity index (χ0n) is 10.4. The lowest BCUT2D eigenvalue weighted by Gasteiger charge is -2.12. The van der Waals surface area contributed by atoms with E-state index in [0.717, 1.165) is 17.3 Å². The number of phenolic OH excluding ortho intramolecular Hbond substituents is 1. The van der Waals surface area contributed by atoms with Gasteiger partial charge in [0, 0.05) is 4.47 Å². The van der Waals surface area contributed by atoms with Crippen LogP contribution in [-0.2, 0) is 6.42 Å². The first-order valence-corrected chi connectivity index (χ1v) is 6.98. The highest BCUT2D eigenvalue weighted by Gasteiger charge is 2.06. The fourth-order valence-electron chi connectivity index (χ4n) is 2.03. The molecule has 0 saturated heterocycles. The van der Waals surface area contributed by atoms with E-state index in [-0.39, 0.29) is 0 Å². The summed E-state index contributed by atoms with van der Waals surface area (Å²) >= 11 is 3.51. The molecule has 2 rings (SSSR count). The van der Waals surface area contributed by atoms with Crippen molar-refractivity contribution in [2.24, 2.45) is 0 Å². The standard InChI is InChI=1S/C16H17BrO/c1-12(14-3-2-4-15(17)11-14)5-6-13-7-9-16(18)10-8-13/h2-4,7-12,18H,5-6H2,1H3. The minimum atomic E-state index is 0.332. The zero-order valence-corrected chi connectivity index (χ0v) is 12.0. The van der Waals surface area contributed by atoms with E-state index in [9.17, 15) is 5.11 Å². The first kappa shape index (κ1) is 13.2. The van der Waals surface area contributed by atoms with Gasteiger partial charge >= 0.3 is 0 Å². The van der Waals surface area contributed by atoms with Crippen LogP contribution in [0, 0.1) is 0 Å². The topological polar surface area (TPSA) is 20.2 Å². The molecule has 0 aliphatic rings. The molecule has 1 N–H and O–H groups in total. The van der Waals surface area contributed by atoms with Crippen molar-refractivity contribution in [2.45, 2.75) is 25.7 Å². The summed E-state index contributed by atoms with van der Waals surface area (Å²) in [5.41, 5.74) is 2.64. The molecule has 1 unspecified atom stereocenters. The third-order valence-corrected chi connectivity index (χ3v) is 3.71. The normalized spacial score (nSPS) is 12.3. The number of aryl methyl sites for hydroxylation is 1. The van der Waals surface area contributed by atoms with Crippen LogP contribution < -0.4 is 0 Å². The molecule has 0 radical (unpaired) electrons. The average molecular weight is 305 g/mol. The number of benzene rings is 2. The Morgan fingerprint density at radius 1 is 1.11 bits per heavy atom. The Balaban J connectivity index is 1.96. The van der Waals surface area contributed by atoms with Crippen LogP contribution in [0.4, 0.5) is 0 Å². The van der Waals surface area contributed by atoms with E-state index < -0.39 is 0 Å². The van der Waals surface area contributed by atoms with Gasteiger partial charge in [-0.2, -0.15) is 0 Å². The highest BCUT2D eigenvalue weighted by atomic mass is 79.9. The van der Waals surface area contributed by atoms with E-state index >= 15 is 0 Å². The molecule has 94 valence electrons. The molecule has 0 aromatic heterocycles. The van der Waals surface area contributed by atoms with Crippen LogP contribution in [0.3, 0.4) is 0 Å². The maximum atomic E-state index is 9.24. The molecule has 0 amide bonds. The van der Waals surface area contributed by atoms with Crippen molar-refractivity contribution in [1.29, 1.82) is 0 Å². The fourth-order valence-corrected chi connectivity index (χ4v) is 2.44. The second-order valence-corrected chi connectivity index (χ2v) is 5.58. The molecule has 0 fully saturated rings. The highest BCUT2D eigenvalue weighted by Crippen LogP contribution is 2.24. The van der Waals surface area contributed by atoms with E-state index in [2.05, 4.69) is 47.1 Å². The van der Waals surface area contributed by atoms with Crippen LogP contribution in [0.1, 0.15) is 30.4 Å². The van der Waals surface area contributed by atoms with Crippen LogP contribution in [0.2, 0.25) is 0 Å². The first-order valence-electron chi connectivity index (χ1n) is 6.18. The van der Waals surface area contributed by atoms with Gasteiger partial charge in [-0.1, -0.05) is 47.1 Å². The number of aromatic hydroxyl groups is 1. The van der Waals surface area contributed by atoms with E-state index in [0.29, 0.717) is 11.7 Å². The van der Waals surface area contributed by atoms with Gasteiger partial charge in [0.2, 0.25) is 0 Å². The number of halogens is 1. The summed E-state index contributed by atoms with van der Waals surface area (Å²) < 4.78 is 1.14. The van der Waals surface area contributed by atoms with Gasteiger partial charge in [0.15, 0.2) is 0 Å². The maximum absolute atomic E-state index is 9.24. The Bertz CT molecular complexity index is 505. The van der Waals surface area contributed by atoms with Crippen LogP contribution >= 0.6 is 15.9 Å². The van der Waals surface area contributed by atoms with Gasteiger partial charge in [-0.15, -0.1) is 0 Å². The molecular formula is C16H17BrO. The van der Waals surface area contributed by atoms with Gasteiger partial charge in [-0.05, 0) is 54.2 Å². The summed E-state index contributed by atoms with van der Waals surface area (Å²) in [4.78, 5) is 0. The Labute approximate surface area is 117 Å². The summed E-state index contributed by atoms with van der Waals surface area (Å²) in [5.74, 6) is 0.870. The maximum Gasteiger partial charge on any atom is 0.115 e. The molecule has 2 aromatic rings. The molecule has 18 heavy (non-hydrogen) atoms. The quantitative estimate of drug-likeness (QED) is 0.852. The number of hydrogen-bond donors (Lipinski definition) is 1. The molecule has 0 aliphatic heterocycles. The van der Waals surface area contributed by atoms with Gasteiger partial charge in [0.1, 0.15) is 5.75 Å². The summed E-state index contributed by atoms with van der Waals surface area (Å²) in [6.45, 7) is 2.25. The highest BCUT2D eigenvalue weighted by molar-refractivity contribution is 9.10. The van der Waals surface area contributed by atoms with Crippen molar-refractivity contribution in [3.8, 4) is 5.75 Å². The van der Waals surface area contributed by atoms with Crippen LogP contribution in [0.25, 0.3) is 0 Å². The monoisotopic (exact) mass is 304 g/mol. The zero-order chi connectivity index (χ0) is 13.0. The van der Waals surface area contributed by atoms with E-state index in [1.165, 1.54) is 11.1 Å². The molecule has 2 heteroatoms. The van der Waals surface area contributed by atoms with Gasteiger partial charge in [0.25, 0.3) is 0 Å². The summed E-state index contributed by atoms with van der Waals surface area (Å²) in [6.07, 6.45) is 2.15. The Kier molecular flexibility index (Phi) is 4.43. The predicted molar refractivity (Wildman–Crippen MR) is 79.0 cm³/mol. The second kappa shape index (κ2) is 6.05. The second-order valence-electron chi connectivity index (χ2n) is 4.66. The number of phenols is 1. The lowest BCUT2D eigenvalue weighted by atomic mass is 9.94. The first-order chi connectivity index (χ1) is 8.65. The van der Waals surface area contributed by atoms with Gasteiger partial charge in [-0.25, -0.2) is 0 Å². The average Bonchev–Trinajstić information content (AvgIpc) is 2.38. The SMILES string of the molecule is CC(CCc1ccc(O)cc1)c1cccc(Br)c1. The Morgan fingerprint density at radius 2 is 1.83 bits per heavy atom. The molecule has 1 atom stereocenters. The Morgan fingerprint density at radius 3 is 2.50 bits per heavy atom. The van der Waals surface area contributed by atoms with Gasteiger partial charge in [-0.3, -0.25) is 0 Å². The molecule has 0 heterocycles. The minimum absolute atomic E-state index is 0.332. The summed E-state index contributed by atoms with van der Waals surface area (Å²) in [6, 6.07) is 16.0. The summed E-state index contributed by atoms with van der Waals surface area (Å²) in [5, 5.41) is 9.24. The molecule has 0 bridgehead atoms. The van der Waals surface area contributed by atoms with Crippen molar-refractivity contribution in [3.63, 3.8) is 0 Å². The van der Waals surface area contributed by atoms with Crippen molar-refractivity contribution in [1.82, 2.24) is 0 Å². The molecule has 0 spiro atoms. The van der Waals surface area contributed by atoms with Crippen LogP contribution in [0.5, 0.6) is 5.75 Å². The van der Waals surface area contributed by atoms with Crippen LogP contribution in [0.15, 0.2) is 53.0 Å². The minimum Gasteiger partial charge on any atom is -0.508 e. The van der Waals surface area contributed by atoms with Crippen molar-refractivity contribution < 1.29 is 5.11 Å². The molecule has 1 nitrogen and oxygen atoms in total. The van der Waals surface area contributed by atoms with Crippen molar-refractivity contribution in [3.05, 3.63) is 64.1 Å². The molecule has 2 aromatic carbocycles. The lowest BCUT2D eigenvalue weighted by molar-refractivity contribution is 0.475. The smallest absolute Gasteiger partial charge is 0.115 e. The third-order valence-electron chi connectivity index (χ3n) is 3.22. The van der Waals surface area contributed by atoms with E-state index in [4.69, 9.17) is 0 Å². The van der Waals surface area contributed by atoms with Crippen molar-refractivity contribution in [2.75, 3.05) is 0 Å². The van der Waals surface area contributed by atoms with Gasteiger partial charge < -0.3 is 5.11 Å². The fraction of sp³-hybridized carbons (Fsp3) is 0.250. The van der Waals surface area contributed by atoms with E-state index in [1.807, 2.05) is 12.1 Å². The van der Waals surface area contributed by atoms with Crippen molar-refractivity contribution >= 4 is 15.9 Å².